The quantitative estimate of drug-likeness (QED) is 0.713. The van der Waals surface area contributed by atoms with Crippen LogP contribution in [-0.2, 0) is 5.41 Å². The van der Waals surface area contributed by atoms with Crippen molar-refractivity contribution in [1.29, 1.82) is 0 Å². The predicted molar refractivity (Wildman–Crippen MR) is 76.0 cm³/mol. The van der Waals surface area contributed by atoms with Gasteiger partial charge in [-0.2, -0.15) is 0 Å². The summed E-state index contributed by atoms with van der Waals surface area (Å²) in [5, 5.41) is 8.56. The fourth-order valence-corrected chi connectivity index (χ4v) is 2.30. The lowest BCUT2D eigenvalue weighted by Crippen LogP contribution is -2.22. The van der Waals surface area contributed by atoms with E-state index in [0.717, 1.165) is 17.2 Å². The highest BCUT2D eigenvalue weighted by Crippen LogP contribution is 2.30. The third-order valence-corrected chi connectivity index (χ3v) is 3.51. The number of aromatic nitrogens is 3. The molecule has 0 spiro atoms. The van der Waals surface area contributed by atoms with Gasteiger partial charge in [0.05, 0.1) is 5.41 Å². The molecule has 0 unspecified atom stereocenters. The molecule has 2 heterocycles. The SMILES string of the molecule is CC(C)(c1ccc(N)cc1)c1nnc2ccccn12. The number of hydrogen-bond acceptors (Lipinski definition) is 3. The first-order valence-electron chi connectivity index (χ1n) is 6.25. The summed E-state index contributed by atoms with van der Waals surface area (Å²) in [5.74, 6) is 0.924. The smallest absolute Gasteiger partial charge is 0.160 e. The molecule has 0 radical (unpaired) electrons. The number of nitrogens with zero attached hydrogens (tertiary/aromatic N) is 3. The Bertz CT molecular complexity index is 710. The number of fused-ring (bicyclic) bond motifs is 1. The van der Waals surface area contributed by atoms with E-state index in [0.29, 0.717) is 0 Å². The lowest BCUT2D eigenvalue weighted by Gasteiger charge is -2.23. The summed E-state index contributed by atoms with van der Waals surface area (Å²) in [7, 11) is 0. The van der Waals surface area contributed by atoms with Gasteiger partial charge in [0.15, 0.2) is 5.65 Å². The topological polar surface area (TPSA) is 56.2 Å². The summed E-state index contributed by atoms with van der Waals surface area (Å²) in [6, 6.07) is 13.8. The Morgan fingerprint density at radius 1 is 1.00 bits per heavy atom. The number of nitrogens with two attached hydrogens (primary N) is 1. The second-order valence-electron chi connectivity index (χ2n) is 5.20. The second-order valence-corrected chi connectivity index (χ2v) is 5.20. The van der Waals surface area contributed by atoms with E-state index in [4.69, 9.17) is 5.73 Å². The lowest BCUT2D eigenvalue weighted by atomic mass is 9.83. The Hall–Kier alpha value is -2.36. The summed E-state index contributed by atoms with van der Waals surface area (Å²) < 4.78 is 2.02. The Labute approximate surface area is 111 Å². The maximum Gasteiger partial charge on any atom is 0.160 e. The normalized spacial score (nSPS) is 11.9. The van der Waals surface area contributed by atoms with Crippen LogP contribution in [-0.4, -0.2) is 14.6 Å². The molecule has 4 nitrogen and oxygen atoms in total. The van der Waals surface area contributed by atoms with E-state index in [-0.39, 0.29) is 5.41 Å². The second kappa shape index (κ2) is 4.09. The zero-order chi connectivity index (χ0) is 13.5. The molecule has 0 atom stereocenters. The van der Waals surface area contributed by atoms with Gasteiger partial charge in [0.25, 0.3) is 0 Å². The van der Waals surface area contributed by atoms with Gasteiger partial charge in [-0.15, -0.1) is 10.2 Å². The van der Waals surface area contributed by atoms with E-state index in [9.17, 15) is 0 Å². The average molecular weight is 252 g/mol. The van der Waals surface area contributed by atoms with Crippen LogP contribution in [0.25, 0.3) is 5.65 Å². The number of hydrogen-bond donors (Lipinski definition) is 1. The van der Waals surface area contributed by atoms with Crippen LogP contribution in [0.3, 0.4) is 0 Å². The third kappa shape index (κ3) is 1.85. The number of rotatable bonds is 2. The van der Waals surface area contributed by atoms with Crippen LogP contribution in [0.5, 0.6) is 0 Å². The molecule has 2 N–H and O–H groups in total. The van der Waals surface area contributed by atoms with Crippen molar-refractivity contribution in [2.45, 2.75) is 19.3 Å². The van der Waals surface area contributed by atoms with E-state index in [2.05, 4.69) is 24.0 Å². The number of nitrogen functional groups attached to an aromatic ring is 1. The minimum atomic E-state index is -0.228. The minimum Gasteiger partial charge on any atom is -0.399 e. The van der Waals surface area contributed by atoms with E-state index in [1.54, 1.807) is 0 Å². The zero-order valence-electron chi connectivity index (χ0n) is 11.0. The molecule has 3 rings (SSSR count). The summed E-state index contributed by atoms with van der Waals surface area (Å²) in [6.45, 7) is 4.28. The van der Waals surface area contributed by atoms with Crippen LogP contribution < -0.4 is 5.73 Å². The van der Waals surface area contributed by atoms with Crippen LogP contribution >= 0.6 is 0 Å². The summed E-state index contributed by atoms with van der Waals surface area (Å²) in [4.78, 5) is 0. The van der Waals surface area contributed by atoms with Crippen molar-refractivity contribution in [1.82, 2.24) is 14.6 Å². The number of pyridine rings is 1. The van der Waals surface area contributed by atoms with Crippen LogP contribution in [0.4, 0.5) is 5.69 Å². The maximum atomic E-state index is 5.75. The highest BCUT2D eigenvalue weighted by atomic mass is 15.2. The Morgan fingerprint density at radius 2 is 1.74 bits per heavy atom. The molecular weight excluding hydrogens is 236 g/mol. The first-order chi connectivity index (χ1) is 9.09. The van der Waals surface area contributed by atoms with Crippen molar-refractivity contribution in [3.63, 3.8) is 0 Å². The van der Waals surface area contributed by atoms with E-state index >= 15 is 0 Å². The zero-order valence-corrected chi connectivity index (χ0v) is 11.0. The van der Waals surface area contributed by atoms with Crippen molar-refractivity contribution in [3.05, 3.63) is 60.0 Å². The van der Waals surface area contributed by atoms with E-state index in [1.807, 2.05) is 53.1 Å². The van der Waals surface area contributed by atoms with Gasteiger partial charge in [-0.25, -0.2) is 0 Å². The van der Waals surface area contributed by atoms with Gasteiger partial charge in [-0.05, 0) is 43.7 Å². The summed E-state index contributed by atoms with van der Waals surface area (Å²) in [5.41, 5.74) is 8.32. The minimum absolute atomic E-state index is 0.228. The predicted octanol–water partition coefficient (Wildman–Crippen LogP) is 2.64. The van der Waals surface area contributed by atoms with Crippen molar-refractivity contribution >= 4 is 11.3 Å². The maximum absolute atomic E-state index is 5.75. The van der Waals surface area contributed by atoms with Crippen molar-refractivity contribution < 1.29 is 0 Å². The van der Waals surface area contributed by atoms with Gasteiger partial charge in [0.2, 0.25) is 0 Å². The van der Waals surface area contributed by atoms with Gasteiger partial charge in [0, 0.05) is 11.9 Å². The molecule has 1 aromatic carbocycles. The number of benzene rings is 1. The molecule has 0 aliphatic carbocycles. The molecule has 0 bridgehead atoms. The number of anilines is 1. The standard InChI is InChI=1S/C15H16N4/c1-15(2,11-6-8-12(16)9-7-11)14-18-17-13-5-3-4-10-19(13)14/h3-10H,16H2,1-2H3. The van der Waals surface area contributed by atoms with Gasteiger partial charge in [-0.1, -0.05) is 18.2 Å². The molecule has 0 saturated heterocycles. The van der Waals surface area contributed by atoms with Crippen LogP contribution in [0, 0.1) is 0 Å². The molecule has 0 aliphatic heterocycles. The van der Waals surface area contributed by atoms with Crippen molar-refractivity contribution in [2.24, 2.45) is 0 Å². The first-order valence-corrected chi connectivity index (χ1v) is 6.25. The first kappa shape index (κ1) is 11.7. The Morgan fingerprint density at radius 3 is 2.47 bits per heavy atom. The molecule has 2 aromatic heterocycles. The van der Waals surface area contributed by atoms with Crippen LogP contribution in [0.2, 0.25) is 0 Å². The average Bonchev–Trinajstić information content (AvgIpc) is 2.83. The lowest BCUT2D eigenvalue weighted by molar-refractivity contribution is 0.582. The fourth-order valence-electron chi connectivity index (χ4n) is 2.30. The van der Waals surface area contributed by atoms with Gasteiger partial charge in [-0.3, -0.25) is 4.40 Å². The monoisotopic (exact) mass is 252 g/mol. The molecule has 4 heteroatoms. The fraction of sp³-hybridized carbons (Fsp3) is 0.200. The largest absolute Gasteiger partial charge is 0.399 e. The van der Waals surface area contributed by atoms with Crippen molar-refractivity contribution in [3.8, 4) is 0 Å². The molecule has 96 valence electrons. The van der Waals surface area contributed by atoms with E-state index < -0.39 is 0 Å². The van der Waals surface area contributed by atoms with Crippen molar-refractivity contribution in [2.75, 3.05) is 5.73 Å². The molecular formula is C15H16N4. The Balaban J connectivity index is 2.16. The highest BCUT2D eigenvalue weighted by Gasteiger charge is 2.28. The van der Waals surface area contributed by atoms with Gasteiger partial charge >= 0.3 is 0 Å². The van der Waals surface area contributed by atoms with Gasteiger partial charge in [0.1, 0.15) is 5.82 Å². The summed E-state index contributed by atoms with van der Waals surface area (Å²) in [6.07, 6.45) is 1.99. The molecule has 0 aliphatic rings. The molecule has 0 fully saturated rings. The molecule has 0 amide bonds. The van der Waals surface area contributed by atoms with Crippen LogP contribution in [0.15, 0.2) is 48.7 Å². The highest BCUT2D eigenvalue weighted by molar-refractivity contribution is 5.45. The van der Waals surface area contributed by atoms with Crippen LogP contribution in [0.1, 0.15) is 25.2 Å². The molecule has 3 aromatic rings. The third-order valence-electron chi connectivity index (χ3n) is 3.51. The Kier molecular flexibility index (Phi) is 2.52. The van der Waals surface area contributed by atoms with E-state index in [1.165, 1.54) is 5.56 Å². The van der Waals surface area contributed by atoms with Gasteiger partial charge < -0.3 is 5.73 Å². The summed E-state index contributed by atoms with van der Waals surface area (Å²) >= 11 is 0. The molecule has 19 heavy (non-hydrogen) atoms. The molecule has 0 saturated carbocycles.